The van der Waals surface area contributed by atoms with Crippen molar-refractivity contribution in [2.75, 3.05) is 36.4 Å². The molecule has 1 N–H and O–H groups in total. The van der Waals surface area contributed by atoms with Gasteiger partial charge < -0.3 is 15.1 Å². The van der Waals surface area contributed by atoms with E-state index in [0.717, 1.165) is 26.2 Å². The number of amides is 1. The van der Waals surface area contributed by atoms with Gasteiger partial charge >= 0.3 is 0 Å². The first-order valence-electron chi connectivity index (χ1n) is 9.22. The van der Waals surface area contributed by atoms with E-state index in [0.29, 0.717) is 10.7 Å². The van der Waals surface area contributed by atoms with Crippen LogP contribution >= 0.6 is 24.0 Å². The van der Waals surface area contributed by atoms with Crippen LogP contribution in [0.3, 0.4) is 0 Å². The number of aryl methyl sites for hydroxylation is 1. The molecule has 7 heteroatoms. The zero-order chi connectivity index (χ0) is 20.1. The van der Waals surface area contributed by atoms with Gasteiger partial charge in [0, 0.05) is 48.8 Å². The van der Waals surface area contributed by atoms with E-state index in [9.17, 15) is 10.1 Å². The van der Waals surface area contributed by atoms with E-state index in [-0.39, 0.29) is 18.0 Å². The van der Waals surface area contributed by atoms with Crippen molar-refractivity contribution in [3.05, 3.63) is 70.4 Å². The number of hydrogen-bond donors (Lipinski definition) is 1. The molecule has 152 valence electrons. The van der Waals surface area contributed by atoms with E-state index >= 15 is 0 Å². The lowest BCUT2D eigenvalue weighted by Crippen LogP contribution is -2.44. The summed E-state index contributed by atoms with van der Waals surface area (Å²) < 4.78 is 0. The van der Waals surface area contributed by atoms with Gasteiger partial charge in [-0.3, -0.25) is 4.79 Å². The van der Waals surface area contributed by atoms with Crippen molar-refractivity contribution in [1.82, 2.24) is 4.90 Å². The van der Waals surface area contributed by atoms with Crippen LogP contribution in [0.4, 0.5) is 11.4 Å². The summed E-state index contributed by atoms with van der Waals surface area (Å²) in [7, 11) is 0. The van der Waals surface area contributed by atoms with Gasteiger partial charge in [0.15, 0.2) is 0 Å². The fraction of sp³-hybridized carbons (Fsp3) is 0.273. The van der Waals surface area contributed by atoms with Gasteiger partial charge in [0.1, 0.15) is 11.6 Å². The molecular weight excluding hydrogens is 407 g/mol. The first-order valence-corrected chi connectivity index (χ1v) is 9.60. The number of rotatable bonds is 4. The van der Waals surface area contributed by atoms with Crippen molar-refractivity contribution in [2.45, 2.75) is 13.8 Å². The van der Waals surface area contributed by atoms with Crippen LogP contribution in [0.2, 0.25) is 5.02 Å². The minimum absolute atomic E-state index is 0. The zero-order valence-corrected chi connectivity index (χ0v) is 18.1. The summed E-state index contributed by atoms with van der Waals surface area (Å²) >= 11 is 5.94. The van der Waals surface area contributed by atoms with Gasteiger partial charge in [-0.2, -0.15) is 5.26 Å². The third-order valence-corrected chi connectivity index (χ3v) is 5.23. The summed E-state index contributed by atoms with van der Waals surface area (Å²) in [5.41, 5.74) is 4.48. The monoisotopic (exact) mass is 430 g/mol. The third-order valence-electron chi connectivity index (χ3n) is 4.99. The molecule has 0 aliphatic carbocycles. The SMILES string of the molecule is Cc1cccc(N2CCN(/C=C(/C#N)C(=O)Nc3cccc(Cl)c3)CC2)c1C.Cl. The van der Waals surface area contributed by atoms with Crippen LogP contribution in [0.15, 0.2) is 54.2 Å². The van der Waals surface area contributed by atoms with Crippen LogP contribution < -0.4 is 10.2 Å². The maximum absolute atomic E-state index is 12.4. The molecule has 5 nitrogen and oxygen atoms in total. The molecular formula is C22H24Cl2N4O. The number of halogens is 2. The lowest BCUT2D eigenvalue weighted by molar-refractivity contribution is -0.112. The number of nitrogens with one attached hydrogen (secondary N) is 1. The summed E-state index contributed by atoms with van der Waals surface area (Å²) in [5.74, 6) is -0.429. The molecule has 29 heavy (non-hydrogen) atoms. The van der Waals surface area contributed by atoms with Crippen molar-refractivity contribution in [2.24, 2.45) is 0 Å². The van der Waals surface area contributed by atoms with Gasteiger partial charge in [-0.1, -0.05) is 29.8 Å². The van der Waals surface area contributed by atoms with Gasteiger partial charge in [-0.15, -0.1) is 12.4 Å². The number of piperazine rings is 1. The standard InChI is InChI=1S/C22H23ClN4O.ClH/c1-16-5-3-8-21(17(16)2)27-11-9-26(10-12-27)15-18(14-24)22(28)25-20-7-4-6-19(23)13-20;/h3-8,13,15H,9-12H2,1-2H3,(H,25,28);1H/b18-15-;. The summed E-state index contributed by atoms with van der Waals surface area (Å²) in [6.07, 6.45) is 1.65. The Kier molecular flexibility index (Phi) is 7.95. The van der Waals surface area contributed by atoms with Crippen LogP contribution in [0.5, 0.6) is 0 Å². The number of nitrogens with zero attached hydrogens (tertiary/aromatic N) is 3. The molecule has 0 radical (unpaired) electrons. The predicted octanol–water partition coefficient (Wildman–Crippen LogP) is 4.55. The topological polar surface area (TPSA) is 59.4 Å². The normalized spacial score (nSPS) is 14.1. The number of carbonyl (C=O) groups excluding carboxylic acids is 1. The molecule has 2 aromatic rings. The molecule has 0 aromatic heterocycles. The highest BCUT2D eigenvalue weighted by atomic mass is 35.5. The smallest absolute Gasteiger partial charge is 0.267 e. The minimum Gasteiger partial charge on any atom is -0.373 e. The highest BCUT2D eigenvalue weighted by Crippen LogP contribution is 2.24. The average Bonchev–Trinajstić information content (AvgIpc) is 2.69. The van der Waals surface area contributed by atoms with Gasteiger partial charge in [-0.25, -0.2) is 0 Å². The van der Waals surface area contributed by atoms with Crippen molar-refractivity contribution < 1.29 is 4.79 Å². The lowest BCUT2D eigenvalue weighted by atomic mass is 10.1. The number of anilines is 2. The Morgan fingerprint density at radius 1 is 1.14 bits per heavy atom. The van der Waals surface area contributed by atoms with Crippen molar-refractivity contribution in [3.8, 4) is 6.07 Å². The largest absolute Gasteiger partial charge is 0.373 e. The Balaban J connectivity index is 0.00000300. The highest BCUT2D eigenvalue weighted by molar-refractivity contribution is 6.31. The average molecular weight is 431 g/mol. The minimum atomic E-state index is -0.429. The van der Waals surface area contributed by atoms with Crippen LogP contribution in [0.25, 0.3) is 0 Å². The molecule has 1 heterocycles. The first-order chi connectivity index (χ1) is 13.5. The van der Waals surface area contributed by atoms with Crippen molar-refractivity contribution >= 4 is 41.3 Å². The van der Waals surface area contributed by atoms with E-state index < -0.39 is 5.91 Å². The molecule has 0 saturated carbocycles. The molecule has 1 aliphatic heterocycles. The predicted molar refractivity (Wildman–Crippen MR) is 121 cm³/mol. The molecule has 0 atom stereocenters. The molecule has 2 aromatic carbocycles. The van der Waals surface area contributed by atoms with E-state index in [1.807, 2.05) is 11.0 Å². The molecule has 3 rings (SSSR count). The number of benzene rings is 2. The second-order valence-electron chi connectivity index (χ2n) is 6.86. The van der Waals surface area contributed by atoms with E-state index in [4.69, 9.17) is 11.6 Å². The summed E-state index contributed by atoms with van der Waals surface area (Å²) in [5, 5.41) is 12.7. The lowest BCUT2D eigenvalue weighted by Gasteiger charge is -2.36. The van der Waals surface area contributed by atoms with E-state index in [1.54, 1.807) is 30.5 Å². The quantitative estimate of drug-likeness (QED) is 0.570. The Hall–Kier alpha value is -2.68. The Morgan fingerprint density at radius 2 is 1.83 bits per heavy atom. The number of hydrogen-bond acceptors (Lipinski definition) is 4. The fourth-order valence-electron chi connectivity index (χ4n) is 3.26. The van der Waals surface area contributed by atoms with E-state index in [1.165, 1.54) is 16.8 Å². The molecule has 1 saturated heterocycles. The van der Waals surface area contributed by atoms with Gasteiger partial charge in [0.05, 0.1) is 0 Å². The Morgan fingerprint density at radius 3 is 2.48 bits per heavy atom. The van der Waals surface area contributed by atoms with Crippen LogP contribution in [0.1, 0.15) is 11.1 Å². The molecule has 0 spiro atoms. The number of carbonyl (C=O) groups is 1. The van der Waals surface area contributed by atoms with Gasteiger partial charge in [0.25, 0.3) is 5.91 Å². The maximum atomic E-state index is 12.4. The van der Waals surface area contributed by atoms with Crippen molar-refractivity contribution in [3.63, 3.8) is 0 Å². The Labute approximate surface area is 183 Å². The maximum Gasteiger partial charge on any atom is 0.267 e. The van der Waals surface area contributed by atoms with Crippen LogP contribution in [0, 0.1) is 25.2 Å². The molecule has 1 fully saturated rings. The van der Waals surface area contributed by atoms with Gasteiger partial charge in [0.2, 0.25) is 0 Å². The summed E-state index contributed by atoms with van der Waals surface area (Å²) in [4.78, 5) is 16.8. The third kappa shape index (κ3) is 5.66. The first kappa shape index (κ1) is 22.6. The molecule has 0 bridgehead atoms. The Bertz CT molecular complexity index is 944. The fourth-order valence-corrected chi connectivity index (χ4v) is 3.45. The second kappa shape index (κ2) is 10.2. The van der Waals surface area contributed by atoms with Gasteiger partial charge in [-0.05, 0) is 49.2 Å². The summed E-state index contributed by atoms with van der Waals surface area (Å²) in [6.45, 7) is 7.46. The molecule has 1 amide bonds. The zero-order valence-electron chi connectivity index (χ0n) is 16.5. The van der Waals surface area contributed by atoms with Crippen molar-refractivity contribution in [1.29, 1.82) is 5.26 Å². The van der Waals surface area contributed by atoms with E-state index in [2.05, 4.69) is 42.3 Å². The highest BCUT2D eigenvalue weighted by Gasteiger charge is 2.19. The second-order valence-corrected chi connectivity index (χ2v) is 7.30. The van der Waals surface area contributed by atoms with Crippen LogP contribution in [-0.2, 0) is 4.79 Å². The van der Waals surface area contributed by atoms with Crippen LogP contribution in [-0.4, -0.2) is 37.0 Å². The molecule has 0 unspecified atom stereocenters. The molecule has 1 aliphatic rings. The summed E-state index contributed by atoms with van der Waals surface area (Å²) in [6, 6.07) is 15.2. The number of nitriles is 1.